The maximum Gasteiger partial charge on any atom is 0.412 e. The van der Waals surface area contributed by atoms with Gasteiger partial charge in [-0.2, -0.15) is 0 Å². The van der Waals surface area contributed by atoms with Crippen LogP contribution in [0.1, 0.15) is 71.2 Å². The molecule has 8 atom stereocenters. The van der Waals surface area contributed by atoms with E-state index in [4.69, 9.17) is 50.5 Å². The number of piperidine rings is 2. The van der Waals surface area contributed by atoms with Crippen molar-refractivity contribution in [1.29, 1.82) is 0 Å². The number of nitrogens with two attached hydrogens (primary N) is 1. The highest BCUT2D eigenvalue weighted by molar-refractivity contribution is 6.61. The standard InChI is InChI=1S/C38H42N2O6.C30H36N2O4.C8H7ClO2/c1-3-23-40-33(24-39-38(42)46-32-21-19-28(2)20-22-32)34(43-25-29-13-7-4-8-14-29)35(44-26-30-15-9-5-10-16-30)36(37(40)41)45-27-31-17-11-6-12-18-31;1-2-18-32-26(19-31)27(34-20-23-12-6-3-7-13-23)28(35-21-24-14-8-4-9-15-24)29(30(32)33)36-22-25-16-10-5-11-17-25;1-6-2-4-7(5-3-6)11-8(9)10/h4-22,33-36H,3,23-27H2,1-2H3,(H,39,42);3-17,26-29H,2,18-22,31H2,1H3;2-5H,1H3. The molecule has 17 heteroatoms. The number of ether oxygens (including phenoxy) is 8. The van der Waals surface area contributed by atoms with Gasteiger partial charge in [-0.15, -0.1) is 0 Å². The molecule has 3 amide bonds. The van der Waals surface area contributed by atoms with Crippen molar-refractivity contribution in [2.24, 2.45) is 5.73 Å². The van der Waals surface area contributed by atoms with Crippen molar-refractivity contribution in [3.8, 4) is 11.5 Å². The quantitative estimate of drug-likeness (QED) is 0.0464. The van der Waals surface area contributed by atoms with E-state index < -0.39 is 54.2 Å². The number of halogens is 1. The van der Waals surface area contributed by atoms with Crippen molar-refractivity contribution in [2.45, 2.75) is 129 Å². The predicted octanol–water partition coefficient (Wildman–Crippen LogP) is 13.5. The third-order valence-corrected chi connectivity index (χ3v) is 15.7. The van der Waals surface area contributed by atoms with Gasteiger partial charge in [-0.1, -0.05) is 231 Å². The van der Waals surface area contributed by atoms with Crippen LogP contribution in [0.5, 0.6) is 11.5 Å². The van der Waals surface area contributed by atoms with Gasteiger partial charge in [0.25, 0.3) is 11.8 Å². The first kappa shape index (κ1) is 70.3. The molecule has 0 saturated carbocycles. The largest absolute Gasteiger partial charge is 0.415 e. The summed E-state index contributed by atoms with van der Waals surface area (Å²) in [4.78, 5) is 54.8. The average Bonchev–Trinajstić information content (AvgIpc) is 0.822. The van der Waals surface area contributed by atoms with E-state index in [2.05, 4.69) is 17.0 Å². The van der Waals surface area contributed by atoms with Crippen LogP contribution in [0.2, 0.25) is 0 Å². The van der Waals surface area contributed by atoms with E-state index >= 15 is 0 Å². The first-order valence-electron chi connectivity index (χ1n) is 31.6. The zero-order valence-electron chi connectivity index (χ0n) is 53.3. The molecule has 3 N–H and O–H groups in total. The molecule has 2 fully saturated rings. The zero-order valence-corrected chi connectivity index (χ0v) is 54.0. The highest BCUT2D eigenvalue weighted by Crippen LogP contribution is 2.32. The lowest BCUT2D eigenvalue weighted by Crippen LogP contribution is -2.68. The third-order valence-electron chi connectivity index (χ3n) is 15.6. The zero-order chi connectivity index (χ0) is 65.6. The number of carbonyl (C=O) groups excluding carboxylic acids is 4. The normalized spacial score (nSPS) is 19.3. The second-order valence-corrected chi connectivity index (χ2v) is 23.0. The maximum absolute atomic E-state index is 14.3. The minimum Gasteiger partial charge on any atom is -0.415 e. The van der Waals surface area contributed by atoms with E-state index in [-0.39, 0.29) is 44.2 Å². The van der Waals surface area contributed by atoms with Crippen molar-refractivity contribution in [2.75, 3.05) is 26.2 Å². The van der Waals surface area contributed by atoms with Crippen LogP contribution in [0.3, 0.4) is 0 Å². The number of likely N-dealkylation sites (tertiary alicyclic amines) is 2. The van der Waals surface area contributed by atoms with Gasteiger partial charge in [0.1, 0.15) is 35.9 Å². The summed E-state index contributed by atoms with van der Waals surface area (Å²) in [7, 11) is 0. The van der Waals surface area contributed by atoms with Crippen LogP contribution < -0.4 is 20.5 Å². The summed E-state index contributed by atoms with van der Waals surface area (Å²) >= 11 is 4.99. The summed E-state index contributed by atoms with van der Waals surface area (Å²) in [5.41, 5.74) is 13.6. The van der Waals surface area contributed by atoms with Crippen molar-refractivity contribution < 1.29 is 57.1 Å². The van der Waals surface area contributed by atoms with Crippen molar-refractivity contribution in [1.82, 2.24) is 15.1 Å². The molecular formula is C76H85ClN4O12. The Labute approximate surface area is 551 Å². The number of nitrogens with one attached hydrogen (secondary N) is 1. The van der Waals surface area contributed by atoms with Crippen LogP contribution in [0.4, 0.5) is 9.59 Å². The fraction of sp³-hybridized carbons (Fsp3) is 0.316. The first-order valence-corrected chi connectivity index (χ1v) is 32.0. The fourth-order valence-electron chi connectivity index (χ4n) is 10.9. The van der Waals surface area contributed by atoms with E-state index in [1.54, 1.807) is 29.2 Å². The van der Waals surface area contributed by atoms with Crippen LogP contribution in [0.15, 0.2) is 231 Å². The van der Waals surface area contributed by atoms with E-state index in [1.807, 2.05) is 232 Å². The Kier molecular flexibility index (Phi) is 28.6. The van der Waals surface area contributed by atoms with Crippen molar-refractivity contribution >= 4 is 34.9 Å². The summed E-state index contributed by atoms with van der Waals surface area (Å²) in [6.45, 7) is 11.3. The van der Waals surface area contributed by atoms with Gasteiger partial charge in [0.15, 0.2) is 12.2 Å². The SMILES string of the molecule is CCCN1C(=O)C(OCc2ccccc2)C(OCc2ccccc2)C(OCc2ccccc2)C1CN.CCCN1C(=O)C(OCc2ccccc2)C(OCc2ccccc2)C(OCc2ccccc2)C1CNC(=O)Oc1ccc(C)cc1.Cc1ccc(OC(=O)Cl)cc1. The van der Waals surface area contributed by atoms with Gasteiger partial charge in [0, 0.05) is 37.8 Å². The molecule has 0 bridgehead atoms. The molecule has 2 aliphatic heterocycles. The minimum atomic E-state index is -0.924. The molecule has 8 unspecified atom stereocenters. The molecule has 2 aliphatic rings. The minimum absolute atomic E-state index is 0.0964. The first-order chi connectivity index (χ1) is 45.4. The molecule has 10 rings (SSSR count). The average molecular weight is 1280 g/mol. The van der Waals surface area contributed by atoms with Gasteiger partial charge in [-0.25, -0.2) is 9.59 Å². The number of aryl methyl sites for hydroxylation is 2. The third kappa shape index (κ3) is 22.1. The Bertz CT molecular complexity index is 3460. The molecule has 2 saturated heterocycles. The molecule has 8 aromatic rings. The molecule has 0 radical (unpaired) electrons. The Balaban J connectivity index is 0.000000209. The Morgan fingerprint density at radius 3 is 1.01 bits per heavy atom. The molecule has 0 aliphatic carbocycles. The molecule has 8 aromatic carbocycles. The Hall–Kier alpha value is -8.55. The van der Waals surface area contributed by atoms with Gasteiger partial charge in [-0.3, -0.25) is 9.59 Å². The van der Waals surface area contributed by atoms with Gasteiger partial charge in [0.2, 0.25) is 0 Å². The van der Waals surface area contributed by atoms with Gasteiger partial charge in [-0.05, 0) is 84.3 Å². The lowest BCUT2D eigenvalue weighted by molar-refractivity contribution is -0.208. The molecule has 16 nitrogen and oxygen atoms in total. The van der Waals surface area contributed by atoms with E-state index in [1.165, 1.54) is 0 Å². The van der Waals surface area contributed by atoms with Crippen LogP contribution in [-0.4, -0.2) is 108 Å². The van der Waals surface area contributed by atoms with E-state index in [0.717, 1.165) is 50.9 Å². The predicted molar refractivity (Wildman–Crippen MR) is 359 cm³/mol. The molecular weight excluding hydrogens is 1200 g/mol. The highest BCUT2D eigenvalue weighted by Gasteiger charge is 2.52. The molecule has 93 heavy (non-hydrogen) atoms. The lowest BCUT2D eigenvalue weighted by Gasteiger charge is -2.48. The number of hydrogen-bond acceptors (Lipinski definition) is 13. The molecule has 488 valence electrons. The summed E-state index contributed by atoms with van der Waals surface area (Å²) < 4.78 is 49.0. The Morgan fingerprint density at radius 1 is 0.409 bits per heavy atom. The topological polar surface area (TPSA) is 187 Å². The number of hydrogen-bond donors (Lipinski definition) is 2. The highest BCUT2D eigenvalue weighted by atomic mass is 35.5. The van der Waals surface area contributed by atoms with Gasteiger partial charge < -0.3 is 58.7 Å². The van der Waals surface area contributed by atoms with E-state index in [0.29, 0.717) is 57.4 Å². The molecule has 2 heterocycles. The summed E-state index contributed by atoms with van der Waals surface area (Å²) in [6, 6.07) is 72.7. The molecule has 0 aromatic heterocycles. The monoisotopic (exact) mass is 1280 g/mol. The number of rotatable bonds is 27. The van der Waals surface area contributed by atoms with Crippen molar-refractivity contribution in [3.63, 3.8) is 0 Å². The summed E-state index contributed by atoms with van der Waals surface area (Å²) in [5.74, 6) is 0.606. The smallest absolute Gasteiger partial charge is 0.412 e. The van der Waals surface area contributed by atoms with Crippen LogP contribution in [0, 0.1) is 13.8 Å². The number of nitrogens with zero attached hydrogens (tertiary/aromatic N) is 2. The van der Waals surface area contributed by atoms with Crippen LogP contribution in [0.25, 0.3) is 0 Å². The molecule has 0 spiro atoms. The second-order valence-electron chi connectivity index (χ2n) is 22.6. The van der Waals surface area contributed by atoms with Crippen LogP contribution in [-0.2, 0) is 77.7 Å². The van der Waals surface area contributed by atoms with Gasteiger partial charge >= 0.3 is 11.5 Å². The van der Waals surface area contributed by atoms with Crippen molar-refractivity contribution in [3.05, 3.63) is 275 Å². The maximum atomic E-state index is 14.3. The summed E-state index contributed by atoms with van der Waals surface area (Å²) in [5, 5.41) is 2.89. The summed E-state index contributed by atoms with van der Waals surface area (Å²) in [6.07, 6.45) is -3.25. The van der Waals surface area contributed by atoms with E-state index in [9.17, 15) is 19.2 Å². The number of benzene rings is 8. The fourth-order valence-corrected chi connectivity index (χ4v) is 11.0. The number of amides is 3. The second kappa shape index (κ2) is 37.8. The van der Waals surface area contributed by atoms with Gasteiger partial charge in [0.05, 0.1) is 51.7 Å². The Morgan fingerprint density at radius 2 is 0.699 bits per heavy atom. The van der Waals surface area contributed by atoms with Crippen LogP contribution >= 0.6 is 11.6 Å². The number of carbonyl (C=O) groups is 4. The lowest BCUT2D eigenvalue weighted by atomic mass is 9.91.